The fraction of sp³-hybridized carbons (Fsp3) is 0.458. The Labute approximate surface area is 184 Å². The number of aliphatic hydroxyl groups is 1. The van der Waals surface area contributed by atoms with Crippen LogP contribution >= 0.6 is 0 Å². The maximum atomic E-state index is 13.6. The molecule has 7 heteroatoms. The van der Waals surface area contributed by atoms with Crippen LogP contribution in [0.5, 0.6) is 5.75 Å². The van der Waals surface area contributed by atoms with Crippen LogP contribution in [0.4, 0.5) is 4.39 Å². The summed E-state index contributed by atoms with van der Waals surface area (Å²) in [5.74, 6) is 1.18. The van der Waals surface area contributed by atoms with Crippen molar-refractivity contribution in [1.29, 1.82) is 0 Å². The zero-order valence-electron chi connectivity index (χ0n) is 18.4. The molecule has 1 aliphatic heterocycles. The Hall–Kier alpha value is -2.64. The summed E-state index contributed by atoms with van der Waals surface area (Å²) in [5, 5.41) is 16.0. The molecule has 0 aromatic heterocycles. The van der Waals surface area contributed by atoms with E-state index in [0.29, 0.717) is 19.0 Å². The van der Waals surface area contributed by atoms with Crippen LogP contribution < -0.4 is 15.4 Å². The van der Waals surface area contributed by atoms with Gasteiger partial charge in [-0.15, -0.1) is 0 Å². The lowest BCUT2D eigenvalue weighted by molar-refractivity contribution is 0.245. The summed E-state index contributed by atoms with van der Waals surface area (Å²) < 4.78 is 19.1. The fourth-order valence-electron chi connectivity index (χ4n) is 3.91. The van der Waals surface area contributed by atoms with Gasteiger partial charge in [-0.1, -0.05) is 18.2 Å². The molecule has 6 nitrogen and oxygen atoms in total. The molecule has 3 N–H and O–H groups in total. The number of methoxy groups -OCH3 is 1. The average molecular weight is 429 g/mol. The van der Waals surface area contributed by atoms with Gasteiger partial charge >= 0.3 is 0 Å². The van der Waals surface area contributed by atoms with E-state index in [2.05, 4.69) is 32.7 Å². The van der Waals surface area contributed by atoms with Crippen molar-refractivity contribution >= 4 is 5.96 Å². The Balaban J connectivity index is 1.72. The van der Waals surface area contributed by atoms with Crippen LogP contribution in [-0.2, 0) is 13.2 Å². The minimum atomic E-state index is -0.396. The lowest BCUT2D eigenvalue weighted by atomic mass is 10.1. The number of rotatable bonds is 9. The van der Waals surface area contributed by atoms with Gasteiger partial charge in [0.25, 0.3) is 0 Å². The molecule has 1 heterocycles. The van der Waals surface area contributed by atoms with Crippen LogP contribution in [0.25, 0.3) is 0 Å². The third-order valence-electron chi connectivity index (χ3n) is 5.57. The van der Waals surface area contributed by atoms with Crippen LogP contribution in [0.15, 0.2) is 47.5 Å². The first-order chi connectivity index (χ1) is 15.1. The molecule has 1 fully saturated rings. The van der Waals surface area contributed by atoms with Gasteiger partial charge in [0.1, 0.15) is 11.6 Å². The van der Waals surface area contributed by atoms with Crippen molar-refractivity contribution in [2.24, 2.45) is 4.99 Å². The van der Waals surface area contributed by atoms with E-state index in [1.807, 2.05) is 19.1 Å². The second kappa shape index (κ2) is 11.7. The first-order valence-corrected chi connectivity index (χ1v) is 10.9. The fourth-order valence-corrected chi connectivity index (χ4v) is 3.91. The van der Waals surface area contributed by atoms with Crippen LogP contribution in [0.2, 0.25) is 0 Å². The van der Waals surface area contributed by atoms with Gasteiger partial charge in [0.15, 0.2) is 5.96 Å². The maximum Gasteiger partial charge on any atom is 0.191 e. The molecular weight excluding hydrogens is 395 g/mol. The van der Waals surface area contributed by atoms with E-state index in [0.717, 1.165) is 30.9 Å². The summed E-state index contributed by atoms with van der Waals surface area (Å²) in [5.41, 5.74) is 2.36. The minimum Gasteiger partial charge on any atom is -0.497 e. The normalized spacial score (nSPS) is 15.7. The lowest BCUT2D eigenvalue weighted by Gasteiger charge is -2.29. The monoisotopic (exact) mass is 428 g/mol. The van der Waals surface area contributed by atoms with Crippen molar-refractivity contribution in [2.45, 2.75) is 39.0 Å². The number of halogens is 1. The highest BCUT2D eigenvalue weighted by atomic mass is 19.1. The molecule has 2 aromatic rings. The van der Waals surface area contributed by atoms with Gasteiger partial charge in [0.05, 0.1) is 26.3 Å². The SMILES string of the molecule is CCNC(=NCc1ccc(F)c(CO)c1)NCC(c1cccc(OC)c1)N1CCCC1. The van der Waals surface area contributed by atoms with Crippen molar-refractivity contribution in [3.63, 3.8) is 0 Å². The number of aliphatic imine (C=N–C) groups is 1. The highest BCUT2D eigenvalue weighted by molar-refractivity contribution is 5.79. The van der Waals surface area contributed by atoms with E-state index in [9.17, 15) is 9.50 Å². The zero-order valence-corrected chi connectivity index (χ0v) is 18.4. The van der Waals surface area contributed by atoms with Crippen molar-refractivity contribution in [2.75, 3.05) is 33.3 Å². The first kappa shape index (κ1) is 23.0. The number of nitrogens with zero attached hydrogens (tertiary/aromatic N) is 2. The summed E-state index contributed by atoms with van der Waals surface area (Å²) in [6, 6.07) is 13.2. The number of nitrogens with one attached hydrogen (secondary N) is 2. The van der Waals surface area contributed by atoms with Gasteiger partial charge in [-0.2, -0.15) is 0 Å². The van der Waals surface area contributed by atoms with Gasteiger partial charge in [-0.25, -0.2) is 9.38 Å². The van der Waals surface area contributed by atoms with Crippen molar-refractivity contribution in [1.82, 2.24) is 15.5 Å². The molecule has 0 aliphatic carbocycles. The van der Waals surface area contributed by atoms with Crippen LogP contribution in [0.1, 0.15) is 42.5 Å². The quantitative estimate of drug-likeness (QED) is 0.423. The molecule has 1 atom stereocenters. The molecule has 1 aliphatic rings. The number of benzene rings is 2. The Kier molecular flexibility index (Phi) is 8.67. The summed E-state index contributed by atoms with van der Waals surface area (Å²) in [6.45, 7) is 5.72. The molecular formula is C24H33FN4O2. The third kappa shape index (κ3) is 6.42. The Bertz CT molecular complexity index is 868. The summed E-state index contributed by atoms with van der Waals surface area (Å²) in [4.78, 5) is 7.16. The molecule has 3 rings (SSSR count). The van der Waals surface area contributed by atoms with Crippen LogP contribution in [-0.4, -0.2) is 49.3 Å². The summed E-state index contributed by atoms with van der Waals surface area (Å²) in [7, 11) is 1.69. The number of likely N-dealkylation sites (tertiary alicyclic amines) is 1. The van der Waals surface area contributed by atoms with Gasteiger partial charge < -0.3 is 20.5 Å². The van der Waals surface area contributed by atoms with Crippen molar-refractivity contribution in [3.8, 4) is 5.75 Å². The largest absolute Gasteiger partial charge is 0.497 e. The van der Waals surface area contributed by atoms with Gasteiger partial charge in [0, 0.05) is 18.7 Å². The Morgan fingerprint density at radius 1 is 1.19 bits per heavy atom. The topological polar surface area (TPSA) is 69.1 Å². The summed E-state index contributed by atoms with van der Waals surface area (Å²) >= 11 is 0. The second-order valence-electron chi connectivity index (χ2n) is 7.70. The molecule has 168 valence electrons. The average Bonchev–Trinajstić information content (AvgIpc) is 3.33. The molecule has 0 saturated carbocycles. The molecule has 31 heavy (non-hydrogen) atoms. The first-order valence-electron chi connectivity index (χ1n) is 10.9. The smallest absolute Gasteiger partial charge is 0.191 e. The van der Waals surface area contributed by atoms with Gasteiger partial charge in [-0.05, 0) is 68.2 Å². The molecule has 2 aromatic carbocycles. The zero-order chi connectivity index (χ0) is 22.1. The maximum absolute atomic E-state index is 13.6. The van der Waals surface area contributed by atoms with E-state index in [-0.39, 0.29) is 18.2 Å². The van der Waals surface area contributed by atoms with E-state index in [4.69, 9.17) is 4.74 Å². The van der Waals surface area contributed by atoms with Crippen molar-refractivity contribution < 1.29 is 14.2 Å². The van der Waals surface area contributed by atoms with E-state index in [1.54, 1.807) is 19.2 Å². The van der Waals surface area contributed by atoms with Gasteiger partial charge in [-0.3, -0.25) is 4.90 Å². The molecule has 1 unspecified atom stereocenters. The molecule has 0 bridgehead atoms. The molecule has 0 spiro atoms. The van der Waals surface area contributed by atoms with Crippen LogP contribution in [0, 0.1) is 5.82 Å². The predicted molar refractivity (Wildman–Crippen MR) is 122 cm³/mol. The molecule has 0 radical (unpaired) electrons. The van der Waals surface area contributed by atoms with E-state index in [1.165, 1.54) is 24.5 Å². The number of hydrogen-bond acceptors (Lipinski definition) is 4. The Morgan fingerprint density at radius 3 is 2.71 bits per heavy atom. The number of ether oxygens (including phenoxy) is 1. The third-order valence-corrected chi connectivity index (χ3v) is 5.57. The number of hydrogen-bond donors (Lipinski definition) is 3. The number of aliphatic hydroxyl groups excluding tert-OH is 1. The second-order valence-corrected chi connectivity index (χ2v) is 7.70. The molecule has 0 amide bonds. The van der Waals surface area contributed by atoms with E-state index < -0.39 is 5.82 Å². The summed E-state index contributed by atoms with van der Waals surface area (Å²) in [6.07, 6.45) is 2.43. The highest BCUT2D eigenvalue weighted by Gasteiger charge is 2.24. The molecule has 1 saturated heterocycles. The van der Waals surface area contributed by atoms with Gasteiger partial charge in [0.2, 0.25) is 0 Å². The highest BCUT2D eigenvalue weighted by Crippen LogP contribution is 2.27. The lowest BCUT2D eigenvalue weighted by Crippen LogP contribution is -2.42. The van der Waals surface area contributed by atoms with E-state index >= 15 is 0 Å². The standard InChI is InChI=1S/C24H33FN4O2/c1-3-26-24(27-15-18-9-10-22(25)20(13-18)17-30)28-16-23(29-11-4-5-12-29)19-7-6-8-21(14-19)31-2/h6-10,13-14,23,30H,3-5,11-12,15-17H2,1-2H3,(H2,26,27,28). The number of guanidine groups is 1. The predicted octanol–water partition coefficient (Wildman–Crippen LogP) is 3.22. The minimum absolute atomic E-state index is 0.216. The van der Waals surface area contributed by atoms with Crippen molar-refractivity contribution in [3.05, 3.63) is 65.0 Å². The Morgan fingerprint density at radius 2 is 2.00 bits per heavy atom. The van der Waals surface area contributed by atoms with Crippen LogP contribution in [0.3, 0.4) is 0 Å².